The number of guanidine groups is 1. The van der Waals surface area contributed by atoms with Crippen LogP contribution in [0.15, 0.2) is 46.3 Å². The van der Waals surface area contributed by atoms with Crippen molar-refractivity contribution in [2.24, 2.45) is 12.0 Å². The number of hydrogen-bond donors (Lipinski definition) is 2. The van der Waals surface area contributed by atoms with Gasteiger partial charge < -0.3 is 15.2 Å². The van der Waals surface area contributed by atoms with Gasteiger partial charge in [0.15, 0.2) is 15.8 Å². The summed E-state index contributed by atoms with van der Waals surface area (Å²) in [6, 6.07) is 10.2. The van der Waals surface area contributed by atoms with Crippen LogP contribution < -0.4 is 10.6 Å². The average molecular weight is 545 g/mol. The van der Waals surface area contributed by atoms with Crippen molar-refractivity contribution in [3.05, 3.63) is 52.3 Å². The van der Waals surface area contributed by atoms with Gasteiger partial charge in [-0.25, -0.2) is 8.42 Å². The lowest BCUT2D eigenvalue weighted by molar-refractivity contribution is 0.592. The summed E-state index contributed by atoms with van der Waals surface area (Å²) in [5.74, 6) is 0.653. The summed E-state index contributed by atoms with van der Waals surface area (Å²) in [5.41, 5.74) is 0.912. The first kappa shape index (κ1) is 24.1. The van der Waals surface area contributed by atoms with E-state index < -0.39 is 9.84 Å². The van der Waals surface area contributed by atoms with Crippen LogP contribution in [0.2, 0.25) is 10.2 Å². The first-order valence-electron chi connectivity index (χ1n) is 8.07. The molecule has 1 aromatic carbocycles. The predicted molar refractivity (Wildman–Crippen MR) is 122 cm³/mol. The molecule has 0 amide bonds. The molecule has 0 spiro atoms. The lowest BCUT2D eigenvalue weighted by Crippen LogP contribution is -2.38. The molecule has 150 valence electrons. The fraction of sp³-hybridized carbons (Fsp3) is 0.353. The largest absolute Gasteiger partial charge is 0.356 e. The van der Waals surface area contributed by atoms with Gasteiger partial charge in [-0.1, -0.05) is 41.4 Å². The Labute approximate surface area is 187 Å². The molecule has 0 aliphatic heterocycles. The molecular formula is C17H23Cl2IN4O2S. The molecule has 10 heteroatoms. The van der Waals surface area contributed by atoms with Crippen molar-refractivity contribution in [2.75, 3.05) is 19.3 Å². The van der Waals surface area contributed by atoms with Gasteiger partial charge in [0.2, 0.25) is 0 Å². The zero-order valence-corrected chi connectivity index (χ0v) is 19.7. The molecule has 0 saturated carbocycles. The topological polar surface area (TPSA) is 75.5 Å². The highest BCUT2D eigenvalue weighted by Crippen LogP contribution is 2.24. The van der Waals surface area contributed by atoms with Gasteiger partial charge in [0, 0.05) is 26.3 Å². The molecule has 2 rings (SSSR count). The molecule has 2 aromatic rings. The molecule has 27 heavy (non-hydrogen) atoms. The quantitative estimate of drug-likeness (QED) is 0.242. The minimum Gasteiger partial charge on any atom is -0.356 e. The Bertz CT molecular complexity index is 871. The van der Waals surface area contributed by atoms with Crippen molar-refractivity contribution in [3.8, 4) is 0 Å². The second-order valence-electron chi connectivity index (χ2n) is 5.67. The molecule has 0 saturated heterocycles. The highest BCUT2D eigenvalue weighted by atomic mass is 127. The summed E-state index contributed by atoms with van der Waals surface area (Å²) >= 11 is 12.0. The second-order valence-corrected chi connectivity index (χ2v) is 8.55. The minimum absolute atomic E-state index is 0. The monoisotopic (exact) mass is 544 g/mol. The highest BCUT2D eigenvalue weighted by molar-refractivity contribution is 14.0. The Kier molecular flexibility index (Phi) is 9.92. The van der Waals surface area contributed by atoms with E-state index in [-0.39, 0.29) is 29.7 Å². The molecule has 1 aromatic heterocycles. The summed E-state index contributed by atoms with van der Waals surface area (Å²) in [7, 11) is 0.222. The van der Waals surface area contributed by atoms with E-state index in [9.17, 15) is 8.42 Å². The molecule has 1 heterocycles. The number of rotatable bonds is 7. The Balaban J connectivity index is 0.00000364. The van der Waals surface area contributed by atoms with Crippen molar-refractivity contribution in [1.29, 1.82) is 0 Å². The number of aromatic nitrogens is 1. The van der Waals surface area contributed by atoms with Gasteiger partial charge in [0.05, 0.1) is 22.2 Å². The van der Waals surface area contributed by atoms with Gasteiger partial charge in [0.1, 0.15) is 5.15 Å². The van der Waals surface area contributed by atoms with E-state index in [1.807, 2.05) is 7.05 Å². The first-order valence-corrected chi connectivity index (χ1v) is 10.5. The Morgan fingerprint density at radius 3 is 2.41 bits per heavy atom. The van der Waals surface area contributed by atoms with E-state index in [2.05, 4.69) is 15.6 Å². The van der Waals surface area contributed by atoms with Gasteiger partial charge in [-0.05, 0) is 24.6 Å². The molecule has 2 N–H and O–H groups in total. The Hall–Kier alpha value is -0.970. The van der Waals surface area contributed by atoms with E-state index in [4.69, 9.17) is 23.2 Å². The van der Waals surface area contributed by atoms with Gasteiger partial charge in [-0.15, -0.1) is 24.0 Å². The van der Waals surface area contributed by atoms with Crippen molar-refractivity contribution in [3.63, 3.8) is 0 Å². The molecule has 0 bridgehead atoms. The normalized spacial score (nSPS) is 11.8. The smallest absolute Gasteiger partial charge is 0.191 e. The van der Waals surface area contributed by atoms with Crippen molar-refractivity contribution < 1.29 is 8.42 Å². The molecule has 0 atom stereocenters. The van der Waals surface area contributed by atoms with Gasteiger partial charge in [-0.3, -0.25) is 4.99 Å². The average Bonchev–Trinajstić information content (AvgIpc) is 2.88. The molecular weight excluding hydrogens is 522 g/mol. The SMILES string of the molecule is CN=C(NCCCS(=O)(=O)c1ccccc1)NCc1cc(Cl)c(Cl)n1C.I. The predicted octanol–water partition coefficient (Wildman–Crippen LogP) is 3.48. The number of halogens is 3. The van der Waals surface area contributed by atoms with E-state index in [0.717, 1.165) is 5.69 Å². The second kappa shape index (κ2) is 11.1. The standard InChI is InChI=1S/C17H22Cl2N4O2S.HI/c1-20-17(22-12-13-11-15(18)16(19)23(13)2)21-9-6-10-26(24,25)14-7-4-3-5-8-14;/h3-5,7-8,11H,6,9-10,12H2,1-2H3,(H2,20,21,22);1H. The van der Waals surface area contributed by atoms with Crippen LogP contribution >= 0.6 is 47.2 Å². The van der Waals surface area contributed by atoms with Crippen LogP contribution in [0.5, 0.6) is 0 Å². The third-order valence-electron chi connectivity index (χ3n) is 3.86. The van der Waals surface area contributed by atoms with Crippen LogP contribution in [0.1, 0.15) is 12.1 Å². The zero-order chi connectivity index (χ0) is 19.2. The number of nitrogens with zero attached hydrogens (tertiary/aromatic N) is 2. The van der Waals surface area contributed by atoms with Gasteiger partial charge >= 0.3 is 0 Å². The zero-order valence-electron chi connectivity index (χ0n) is 15.1. The first-order chi connectivity index (χ1) is 12.3. The molecule has 0 aliphatic carbocycles. The van der Waals surface area contributed by atoms with Gasteiger partial charge in [0.25, 0.3) is 0 Å². The van der Waals surface area contributed by atoms with Crippen LogP contribution in [-0.2, 0) is 23.4 Å². The Morgan fingerprint density at radius 1 is 1.19 bits per heavy atom. The van der Waals surface area contributed by atoms with Crippen LogP contribution in [0, 0.1) is 0 Å². The van der Waals surface area contributed by atoms with E-state index >= 15 is 0 Å². The van der Waals surface area contributed by atoms with Crippen molar-refractivity contribution in [2.45, 2.75) is 17.9 Å². The lowest BCUT2D eigenvalue weighted by atomic mass is 10.4. The van der Waals surface area contributed by atoms with Crippen LogP contribution in [-0.4, -0.2) is 38.3 Å². The molecule has 6 nitrogen and oxygen atoms in total. The maximum Gasteiger partial charge on any atom is 0.191 e. The molecule has 0 radical (unpaired) electrons. The number of aliphatic imine (C=N–C) groups is 1. The Morgan fingerprint density at radius 2 is 1.85 bits per heavy atom. The number of nitrogens with one attached hydrogen (secondary N) is 2. The van der Waals surface area contributed by atoms with Gasteiger partial charge in [-0.2, -0.15) is 0 Å². The fourth-order valence-corrected chi connectivity index (χ4v) is 4.12. The van der Waals surface area contributed by atoms with Crippen LogP contribution in [0.25, 0.3) is 0 Å². The van der Waals surface area contributed by atoms with Crippen LogP contribution in [0.3, 0.4) is 0 Å². The fourth-order valence-electron chi connectivity index (χ4n) is 2.37. The van der Waals surface area contributed by atoms with E-state index in [1.54, 1.807) is 48.0 Å². The number of benzene rings is 1. The molecule has 0 unspecified atom stereocenters. The minimum atomic E-state index is -3.26. The molecule has 0 fully saturated rings. The lowest BCUT2D eigenvalue weighted by Gasteiger charge is -2.12. The number of sulfone groups is 1. The van der Waals surface area contributed by atoms with E-state index in [0.29, 0.717) is 40.5 Å². The van der Waals surface area contributed by atoms with Crippen molar-refractivity contribution >= 4 is 63.0 Å². The summed E-state index contributed by atoms with van der Waals surface area (Å²) in [5, 5.41) is 7.24. The molecule has 0 aliphatic rings. The summed E-state index contributed by atoms with van der Waals surface area (Å²) < 4.78 is 26.2. The van der Waals surface area contributed by atoms with Crippen LogP contribution in [0.4, 0.5) is 0 Å². The third kappa shape index (κ3) is 6.85. The summed E-state index contributed by atoms with van der Waals surface area (Å²) in [6.07, 6.45) is 0.472. The van der Waals surface area contributed by atoms with Crippen molar-refractivity contribution in [1.82, 2.24) is 15.2 Å². The summed E-state index contributed by atoms with van der Waals surface area (Å²) in [6.45, 7) is 0.977. The highest BCUT2D eigenvalue weighted by Gasteiger charge is 2.13. The third-order valence-corrected chi connectivity index (χ3v) is 6.52. The summed E-state index contributed by atoms with van der Waals surface area (Å²) in [4.78, 5) is 4.47. The maximum absolute atomic E-state index is 12.2. The number of hydrogen-bond acceptors (Lipinski definition) is 3. The van der Waals surface area contributed by atoms with E-state index in [1.165, 1.54) is 0 Å². The maximum atomic E-state index is 12.2.